The smallest absolute Gasteiger partial charge is 0.338 e. The second kappa shape index (κ2) is 6.85. The predicted octanol–water partition coefficient (Wildman–Crippen LogP) is 3.50. The van der Waals surface area contributed by atoms with E-state index in [4.69, 9.17) is 21.1 Å². The first-order chi connectivity index (χ1) is 10.2. The van der Waals surface area contributed by atoms with Gasteiger partial charge in [-0.15, -0.1) is 0 Å². The van der Waals surface area contributed by atoms with E-state index in [2.05, 4.69) is 9.97 Å². The summed E-state index contributed by atoms with van der Waals surface area (Å²) in [5.74, 6) is 0.336. The normalized spacial score (nSPS) is 11.1. The van der Waals surface area contributed by atoms with Crippen LogP contribution in [0.2, 0.25) is 5.15 Å². The number of hydrogen-bond donors (Lipinski definition) is 0. The van der Waals surface area contributed by atoms with Gasteiger partial charge in [-0.25, -0.2) is 14.8 Å². The molecule has 1 aromatic carbocycles. The van der Waals surface area contributed by atoms with Gasteiger partial charge in [-0.3, -0.25) is 0 Å². The lowest BCUT2D eigenvalue weighted by molar-refractivity contribution is -0.133. The minimum Gasteiger partial charge on any atom is -0.465 e. The van der Waals surface area contributed by atoms with E-state index in [0.29, 0.717) is 22.8 Å². The van der Waals surface area contributed by atoms with Crippen molar-refractivity contribution >= 4 is 23.1 Å². The van der Waals surface area contributed by atoms with Gasteiger partial charge >= 0.3 is 5.97 Å². The Balaban J connectivity index is 2.39. The van der Waals surface area contributed by atoms with Crippen molar-refractivity contribution in [1.29, 1.82) is 0 Å². The number of halogens is 1. The minimum absolute atomic E-state index is 0.275. The summed E-state index contributed by atoms with van der Waals surface area (Å²) in [6.07, 6.45) is 2.97. The Kier molecular flexibility index (Phi) is 4.90. The summed E-state index contributed by atoms with van der Waals surface area (Å²) < 4.78 is 10.5. The molecule has 6 heteroatoms. The number of aromatic nitrogens is 2. The second-order valence-corrected chi connectivity index (χ2v) is 4.36. The molecule has 2 rings (SSSR count). The molecular formula is C15H13ClN2O3. The van der Waals surface area contributed by atoms with Crippen LogP contribution in [0.4, 0.5) is 0 Å². The summed E-state index contributed by atoms with van der Waals surface area (Å²) in [4.78, 5) is 19.6. The van der Waals surface area contributed by atoms with Crippen LogP contribution in [0.25, 0.3) is 5.57 Å². The molecule has 0 aliphatic heterocycles. The fraction of sp³-hybridized carbons (Fsp3) is 0.133. The number of nitrogens with zero attached hydrogens (tertiary/aromatic N) is 2. The Hall–Kier alpha value is -2.40. The monoisotopic (exact) mass is 304 g/mol. The topological polar surface area (TPSA) is 61.3 Å². The van der Waals surface area contributed by atoms with Gasteiger partial charge in [-0.2, -0.15) is 0 Å². The number of para-hydroxylation sites is 1. The van der Waals surface area contributed by atoms with Gasteiger partial charge in [0.2, 0.25) is 5.88 Å². The average Bonchev–Trinajstić information content (AvgIpc) is 2.49. The van der Waals surface area contributed by atoms with E-state index in [1.807, 2.05) is 6.07 Å². The van der Waals surface area contributed by atoms with Crippen molar-refractivity contribution in [2.75, 3.05) is 7.11 Å². The van der Waals surface area contributed by atoms with Gasteiger partial charge in [0.15, 0.2) is 0 Å². The zero-order valence-corrected chi connectivity index (χ0v) is 12.3. The highest BCUT2D eigenvalue weighted by molar-refractivity contribution is 6.29. The van der Waals surface area contributed by atoms with E-state index in [1.54, 1.807) is 31.2 Å². The maximum Gasteiger partial charge on any atom is 0.338 e. The Morgan fingerprint density at radius 3 is 2.71 bits per heavy atom. The van der Waals surface area contributed by atoms with Crippen molar-refractivity contribution in [3.05, 3.63) is 53.5 Å². The van der Waals surface area contributed by atoms with Crippen molar-refractivity contribution in [2.45, 2.75) is 6.92 Å². The summed E-state index contributed by atoms with van der Waals surface area (Å²) in [7, 11) is 1.33. The predicted molar refractivity (Wildman–Crippen MR) is 79.2 cm³/mol. The van der Waals surface area contributed by atoms with Crippen LogP contribution in [0, 0.1) is 0 Å². The van der Waals surface area contributed by atoms with Crippen molar-refractivity contribution in [2.24, 2.45) is 0 Å². The van der Waals surface area contributed by atoms with Gasteiger partial charge in [-0.05, 0) is 13.0 Å². The lowest BCUT2D eigenvalue weighted by Crippen LogP contribution is -2.05. The number of hydrogen-bond acceptors (Lipinski definition) is 5. The molecule has 0 spiro atoms. The maximum atomic E-state index is 11.8. The summed E-state index contributed by atoms with van der Waals surface area (Å²) in [6, 6.07) is 8.60. The Morgan fingerprint density at radius 2 is 2.05 bits per heavy atom. The number of esters is 1. The van der Waals surface area contributed by atoms with E-state index >= 15 is 0 Å². The number of carbonyl (C=O) groups is 1. The molecule has 1 heterocycles. The van der Waals surface area contributed by atoms with Crippen molar-refractivity contribution in [1.82, 2.24) is 9.97 Å². The SMILES string of the molecule is CC=C(C(=O)OC)c1ccccc1Oc1cc(Cl)ncn1. The van der Waals surface area contributed by atoms with Crippen molar-refractivity contribution in [3.63, 3.8) is 0 Å². The first kappa shape index (κ1) is 15.0. The molecule has 0 aliphatic rings. The van der Waals surface area contributed by atoms with Crippen molar-refractivity contribution in [3.8, 4) is 11.6 Å². The standard InChI is InChI=1S/C15H13ClN2O3/c1-3-10(15(19)20-2)11-6-4-5-7-12(11)21-14-8-13(16)17-9-18-14/h3-9H,1-2H3. The van der Waals surface area contributed by atoms with Gasteiger partial charge in [0.1, 0.15) is 17.2 Å². The third-order valence-electron chi connectivity index (χ3n) is 2.69. The van der Waals surface area contributed by atoms with E-state index in [1.165, 1.54) is 19.5 Å². The van der Waals surface area contributed by atoms with Gasteiger partial charge in [-0.1, -0.05) is 35.9 Å². The first-order valence-electron chi connectivity index (χ1n) is 6.15. The second-order valence-electron chi connectivity index (χ2n) is 3.97. The number of allylic oxidation sites excluding steroid dienone is 1. The molecular weight excluding hydrogens is 292 g/mol. The van der Waals surface area contributed by atoms with Crippen LogP contribution in [0.1, 0.15) is 12.5 Å². The molecule has 0 radical (unpaired) electrons. The highest BCUT2D eigenvalue weighted by Crippen LogP contribution is 2.30. The molecule has 5 nitrogen and oxygen atoms in total. The van der Waals surface area contributed by atoms with Crippen LogP contribution in [-0.2, 0) is 9.53 Å². The van der Waals surface area contributed by atoms with Crippen LogP contribution >= 0.6 is 11.6 Å². The third-order valence-corrected chi connectivity index (χ3v) is 2.90. The van der Waals surface area contributed by atoms with Crippen LogP contribution in [-0.4, -0.2) is 23.0 Å². The van der Waals surface area contributed by atoms with Crippen LogP contribution in [0.5, 0.6) is 11.6 Å². The van der Waals surface area contributed by atoms with E-state index in [9.17, 15) is 4.79 Å². The molecule has 0 atom stereocenters. The maximum absolute atomic E-state index is 11.8. The Bertz CT molecular complexity index is 686. The number of methoxy groups -OCH3 is 1. The van der Waals surface area contributed by atoms with Crippen LogP contribution in [0.15, 0.2) is 42.7 Å². The molecule has 1 aromatic heterocycles. The molecule has 0 saturated heterocycles. The van der Waals surface area contributed by atoms with Crippen LogP contribution < -0.4 is 4.74 Å². The molecule has 0 saturated carbocycles. The molecule has 0 fully saturated rings. The Morgan fingerprint density at radius 1 is 1.29 bits per heavy atom. The van der Waals surface area contributed by atoms with Crippen LogP contribution in [0.3, 0.4) is 0 Å². The molecule has 108 valence electrons. The van der Waals surface area contributed by atoms with Gasteiger partial charge in [0.05, 0.1) is 12.7 Å². The molecule has 0 amide bonds. The van der Waals surface area contributed by atoms with E-state index < -0.39 is 5.97 Å². The first-order valence-corrected chi connectivity index (χ1v) is 6.53. The molecule has 21 heavy (non-hydrogen) atoms. The number of benzene rings is 1. The number of rotatable bonds is 4. The van der Waals surface area contributed by atoms with Gasteiger partial charge in [0.25, 0.3) is 0 Å². The average molecular weight is 305 g/mol. The number of ether oxygens (including phenoxy) is 2. The molecule has 0 aliphatic carbocycles. The summed E-state index contributed by atoms with van der Waals surface area (Å²) in [5, 5.41) is 0.275. The fourth-order valence-corrected chi connectivity index (χ4v) is 1.89. The van der Waals surface area contributed by atoms with Gasteiger partial charge in [0, 0.05) is 11.6 Å². The van der Waals surface area contributed by atoms with Gasteiger partial charge < -0.3 is 9.47 Å². The zero-order valence-electron chi connectivity index (χ0n) is 11.5. The summed E-state index contributed by atoms with van der Waals surface area (Å²) in [5.41, 5.74) is 1.02. The highest BCUT2D eigenvalue weighted by Gasteiger charge is 2.16. The van der Waals surface area contributed by atoms with Crippen molar-refractivity contribution < 1.29 is 14.3 Å². The zero-order chi connectivity index (χ0) is 15.2. The van der Waals surface area contributed by atoms with E-state index in [-0.39, 0.29) is 5.15 Å². The third kappa shape index (κ3) is 3.58. The molecule has 0 N–H and O–H groups in total. The number of carbonyl (C=O) groups excluding carboxylic acids is 1. The fourth-order valence-electron chi connectivity index (χ4n) is 1.76. The molecule has 2 aromatic rings. The largest absolute Gasteiger partial charge is 0.465 e. The Labute approximate surface area is 127 Å². The molecule has 0 unspecified atom stereocenters. The lowest BCUT2D eigenvalue weighted by Gasteiger charge is -2.11. The highest BCUT2D eigenvalue weighted by atomic mass is 35.5. The quantitative estimate of drug-likeness (QED) is 0.491. The summed E-state index contributed by atoms with van der Waals surface area (Å²) in [6.45, 7) is 1.75. The lowest BCUT2D eigenvalue weighted by atomic mass is 10.0. The minimum atomic E-state index is -0.436. The van der Waals surface area contributed by atoms with E-state index in [0.717, 1.165) is 0 Å². The molecule has 0 bridgehead atoms. The summed E-state index contributed by atoms with van der Waals surface area (Å²) >= 11 is 5.80.